The van der Waals surface area contributed by atoms with Crippen molar-refractivity contribution in [2.45, 2.75) is 91.4 Å². The number of amides is 1. The Bertz CT molecular complexity index is 942. The monoisotopic (exact) mass is 447 g/mol. The van der Waals surface area contributed by atoms with E-state index in [0.29, 0.717) is 12.3 Å². The highest BCUT2D eigenvalue weighted by Gasteiger charge is 2.61. The SMILES string of the molecule is Cc1ccc(NC(=O)CCC2=NN=C(CCC3CCCCC3)C3C(C2)C3C2C[C@H]2C)c(C)c1. The van der Waals surface area contributed by atoms with Crippen LogP contribution in [0.4, 0.5) is 5.69 Å². The number of nitrogens with one attached hydrogen (secondary N) is 1. The van der Waals surface area contributed by atoms with Crippen LogP contribution >= 0.6 is 0 Å². The van der Waals surface area contributed by atoms with E-state index in [1.54, 1.807) is 0 Å². The van der Waals surface area contributed by atoms with Crippen LogP contribution in [0, 0.1) is 49.4 Å². The summed E-state index contributed by atoms with van der Waals surface area (Å²) in [7, 11) is 0. The largest absolute Gasteiger partial charge is 0.326 e. The smallest absolute Gasteiger partial charge is 0.224 e. The van der Waals surface area contributed by atoms with Gasteiger partial charge in [0, 0.05) is 29.4 Å². The van der Waals surface area contributed by atoms with E-state index in [4.69, 9.17) is 10.2 Å². The van der Waals surface area contributed by atoms with Crippen molar-refractivity contribution in [3.8, 4) is 0 Å². The van der Waals surface area contributed by atoms with Crippen LogP contribution in [-0.2, 0) is 4.79 Å². The van der Waals surface area contributed by atoms with Gasteiger partial charge in [0.1, 0.15) is 0 Å². The van der Waals surface area contributed by atoms with Crippen molar-refractivity contribution in [1.82, 2.24) is 0 Å². The fourth-order valence-corrected chi connectivity index (χ4v) is 6.74. The van der Waals surface area contributed by atoms with E-state index >= 15 is 0 Å². The van der Waals surface area contributed by atoms with Gasteiger partial charge in [-0.15, -0.1) is 0 Å². The van der Waals surface area contributed by atoms with Gasteiger partial charge in [-0.25, -0.2) is 0 Å². The summed E-state index contributed by atoms with van der Waals surface area (Å²) in [5, 5.41) is 12.7. The van der Waals surface area contributed by atoms with E-state index in [2.05, 4.69) is 25.2 Å². The van der Waals surface area contributed by atoms with Gasteiger partial charge >= 0.3 is 0 Å². The Labute approximate surface area is 199 Å². The lowest BCUT2D eigenvalue weighted by atomic mass is 9.85. The number of fused-ring (bicyclic) bond motifs is 1. The number of anilines is 1. The number of aryl methyl sites for hydroxylation is 2. The van der Waals surface area contributed by atoms with Gasteiger partial charge in [0.2, 0.25) is 5.91 Å². The summed E-state index contributed by atoms with van der Waals surface area (Å²) in [6, 6.07) is 6.17. The fourth-order valence-electron chi connectivity index (χ4n) is 6.74. The number of hydrogen-bond donors (Lipinski definition) is 1. The highest BCUT2D eigenvalue weighted by Crippen LogP contribution is 2.64. The number of nitrogens with zero attached hydrogens (tertiary/aromatic N) is 2. The maximum absolute atomic E-state index is 12.6. The van der Waals surface area contributed by atoms with Crippen molar-refractivity contribution in [3.63, 3.8) is 0 Å². The van der Waals surface area contributed by atoms with Gasteiger partial charge in [-0.3, -0.25) is 4.79 Å². The third-order valence-corrected chi connectivity index (χ3v) is 8.90. The van der Waals surface area contributed by atoms with Gasteiger partial charge in [-0.2, -0.15) is 10.2 Å². The van der Waals surface area contributed by atoms with Crippen LogP contribution in [0.3, 0.4) is 0 Å². The van der Waals surface area contributed by atoms with Crippen LogP contribution in [-0.4, -0.2) is 17.3 Å². The van der Waals surface area contributed by atoms with Crippen LogP contribution in [0.15, 0.2) is 28.4 Å². The summed E-state index contributed by atoms with van der Waals surface area (Å²) in [4.78, 5) is 12.6. The highest BCUT2D eigenvalue weighted by atomic mass is 16.1. The number of carbonyl (C=O) groups excluding carboxylic acids is 1. The molecular formula is C29H41N3O. The first-order valence-electron chi connectivity index (χ1n) is 13.5. The third kappa shape index (κ3) is 5.41. The average molecular weight is 448 g/mol. The van der Waals surface area contributed by atoms with Crippen molar-refractivity contribution >= 4 is 23.0 Å². The molecule has 33 heavy (non-hydrogen) atoms. The Morgan fingerprint density at radius 1 is 1.06 bits per heavy atom. The second-order valence-corrected chi connectivity index (χ2v) is 11.5. The summed E-state index contributed by atoms with van der Waals surface area (Å²) >= 11 is 0. The fraction of sp³-hybridized carbons (Fsp3) is 0.690. The van der Waals surface area contributed by atoms with Crippen LogP contribution in [0.1, 0.15) is 88.7 Å². The van der Waals surface area contributed by atoms with Crippen LogP contribution in [0.5, 0.6) is 0 Å². The van der Waals surface area contributed by atoms with Crippen molar-refractivity contribution in [2.75, 3.05) is 5.32 Å². The van der Waals surface area contributed by atoms with E-state index in [-0.39, 0.29) is 5.91 Å². The highest BCUT2D eigenvalue weighted by molar-refractivity contribution is 5.98. The molecule has 3 aliphatic carbocycles. The Hall–Kier alpha value is -1.97. The third-order valence-electron chi connectivity index (χ3n) is 8.90. The normalized spacial score (nSPS) is 31.2. The summed E-state index contributed by atoms with van der Waals surface area (Å²) in [6.07, 6.45) is 13.2. The van der Waals surface area contributed by atoms with E-state index in [1.165, 1.54) is 56.2 Å². The van der Waals surface area contributed by atoms with Crippen molar-refractivity contribution in [3.05, 3.63) is 29.3 Å². The zero-order valence-electron chi connectivity index (χ0n) is 20.8. The van der Waals surface area contributed by atoms with Gasteiger partial charge in [0.25, 0.3) is 0 Å². The second kappa shape index (κ2) is 9.72. The molecular weight excluding hydrogens is 406 g/mol. The molecule has 0 spiro atoms. The summed E-state index contributed by atoms with van der Waals surface area (Å²) in [5.41, 5.74) is 5.79. The molecule has 4 heteroatoms. The Balaban J connectivity index is 1.19. The molecule has 5 atom stereocenters. The minimum Gasteiger partial charge on any atom is -0.326 e. The first kappa shape index (κ1) is 22.8. The molecule has 1 aromatic carbocycles. The van der Waals surface area contributed by atoms with Crippen LogP contribution in [0.2, 0.25) is 0 Å². The molecule has 4 aliphatic rings. The number of rotatable bonds is 8. The molecule has 3 fully saturated rings. The van der Waals surface area contributed by atoms with E-state index in [1.807, 2.05) is 19.1 Å². The molecule has 1 N–H and O–H groups in total. The maximum Gasteiger partial charge on any atom is 0.224 e. The van der Waals surface area contributed by atoms with Gasteiger partial charge in [-0.1, -0.05) is 56.7 Å². The number of hydrogen-bond acceptors (Lipinski definition) is 3. The number of carbonyl (C=O) groups is 1. The lowest BCUT2D eigenvalue weighted by Gasteiger charge is -2.21. The predicted molar refractivity (Wildman–Crippen MR) is 137 cm³/mol. The molecule has 5 rings (SSSR count). The first-order valence-corrected chi connectivity index (χ1v) is 13.5. The zero-order valence-corrected chi connectivity index (χ0v) is 20.8. The molecule has 1 aromatic rings. The van der Waals surface area contributed by atoms with Crippen LogP contribution in [0.25, 0.3) is 0 Å². The summed E-state index contributed by atoms with van der Waals surface area (Å²) in [6.45, 7) is 6.54. The second-order valence-electron chi connectivity index (χ2n) is 11.5. The molecule has 0 radical (unpaired) electrons. The Morgan fingerprint density at radius 2 is 1.85 bits per heavy atom. The molecule has 3 saturated carbocycles. The molecule has 0 bridgehead atoms. The van der Waals surface area contributed by atoms with Gasteiger partial charge in [0.05, 0.1) is 0 Å². The maximum atomic E-state index is 12.6. The topological polar surface area (TPSA) is 53.8 Å². The van der Waals surface area contributed by atoms with E-state index in [9.17, 15) is 4.79 Å². The minimum atomic E-state index is 0.0788. The van der Waals surface area contributed by atoms with E-state index < -0.39 is 0 Å². The van der Waals surface area contributed by atoms with Crippen LogP contribution < -0.4 is 5.32 Å². The average Bonchev–Trinajstić information content (AvgIpc) is 3.70. The van der Waals surface area contributed by atoms with E-state index in [0.717, 1.165) is 65.8 Å². The quantitative estimate of drug-likeness (QED) is 0.454. The molecule has 0 aromatic heterocycles. The molecule has 178 valence electrons. The minimum absolute atomic E-state index is 0.0788. The molecule has 1 aliphatic heterocycles. The molecule has 0 saturated heterocycles. The van der Waals surface area contributed by atoms with Gasteiger partial charge in [0.15, 0.2) is 0 Å². The summed E-state index contributed by atoms with van der Waals surface area (Å²) in [5.74, 6) is 5.02. The van der Waals surface area contributed by atoms with Gasteiger partial charge in [-0.05, 0) is 87.2 Å². The van der Waals surface area contributed by atoms with Gasteiger partial charge < -0.3 is 5.32 Å². The lowest BCUT2D eigenvalue weighted by Crippen LogP contribution is -2.14. The first-order chi connectivity index (χ1) is 16.0. The predicted octanol–water partition coefficient (Wildman–Crippen LogP) is 7.10. The van der Waals surface area contributed by atoms with Crippen molar-refractivity contribution in [2.24, 2.45) is 45.7 Å². The zero-order chi connectivity index (χ0) is 22.9. The lowest BCUT2D eigenvalue weighted by molar-refractivity contribution is -0.116. The standard InChI is InChI=1S/C29H41N3O/c1-18-9-12-25(20(3)15-18)30-27(33)14-11-22-17-24-28(23-16-19(23)2)29(24)26(32-31-22)13-10-21-7-5-4-6-8-21/h9,12,15,19,21,23-24,28-29H,4-8,10-11,13-14,16-17H2,1-3H3,(H,30,33)/t19-,23?,24?,28?,29?/m1/s1. The Kier molecular flexibility index (Phi) is 6.72. The molecule has 1 amide bonds. The van der Waals surface area contributed by atoms with Crippen molar-refractivity contribution < 1.29 is 4.79 Å². The summed E-state index contributed by atoms with van der Waals surface area (Å²) < 4.78 is 0. The molecule has 4 unspecified atom stereocenters. The van der Waals surface area contributed by atoms with Crippen molar-refractivity contribution in [1.29, 1.82) is 0 Å². The molecule has 1 heterocycles. The number of benzene rings is 1. The molecule has 4 nitrogen and oxygen atoms in total. The Morgan fingerprint density at radius 3 is 2.58 bits per heavy atom.